The molecule has 0 fully saturated rings. The Kier molecular flexibility index (Phi) is 2.75. The van der Waals surface area contributed by atoms with Gasteiger partial charge in [0.1, 0.15) is 16.9 Å². The van der Waals surface area contributed by atoms with Crippen molar-refractivity contribution in [3.05, 3.63) is 48.7 Å². The fraction of sp³-hybridized carbons (Fsp3) is 0.0588. The highest BCUT2D eigenvalue weighted by atomic mass is 19.1. The predicted molar refractivity (Wildman–Crippen MR) is 89.1 cm³/mol. The fourth-order valence-corrected chi connectivity index (χ4v) is 2.91. The Labute approximate surface area is 140 Å². The minimum absolute atomic E-state index is 0.0929. The van der Waals surface area contributed by atoms with Gasteiger partial charge in [-0.05, 0) is 18.2 Å². The molecule has 0 spiro atoms. The van der Waals surface area contributed by atoms with Crippen molar-refractivity contribution < 1.29 is 8.91 Å². The summed E-state index contributed by atoms with van der Waals surface area (Å²) in [6.07, 6.45) is 3.29. The van der Waals surface area contributed by atoms with Gasteiger partial charge in [0.15, 0.2) is 0 Å². The molecular formula is C17H11FN6O. The number of imidazole rings is 1. The molecule has 0 atom stereocenters. The summed E-state index contributed by atoms with van der Waals surface area (Å²) in [5.41, 5.74) is 3.06. The molecule has 25 heavy (non-hydrogen) atoms. The van der Waals surface area contributed by atoms with Crippen LogP contribution >= 0.6 is 0 Å². The molecule has 0 aliphatic heterocycles. The highest BCUT2D eigenvalue weighted by molar-refractivity contribution is 5.90. The third kappa shape index (κ3) is 2.04. The minimum Gasteiger partial charge on any atom is -0.345 e. The van der Waals surface area contributed by atoms with Crippen molar-refractivity contribution in [2.45, 2.75) is 0 Å². The molecule has 0 aliphatic rings. The van der Waals surface area contributed by atoms with Gasteiger partial charge >= 0.3 is 0 Å². The molecular weight excluding hydrogens is 323 g/mol. The maximum absolute atomic E-state index is 14.3. The lowest BCUT2D eigenvalue weighted by Crippen LogP contribution is -1.90. The average molecular weight is 334 g/mol. The molecule has 0 saturated heterocycles. The fourth-order valence-electron chi connectivity index (χ4n) is 2.91. The molecule has 3 heterocycles. The number of aromatic nitrogens is 6. The van der Waals surface area contributed by atoms with Crippen LogP contribution in [0.2, 0.25) is 0 Å². The summed E-state index contributed by atoms with van der Waals surface area (Å²) in [7, 11) is 1.86. The van der Waals surface area contributed by atoms with Crippen LogP contribution in [0.4, 0.5) is 4.39 Å². The van der Waals surface area contributed by atoms with Gasteiger partial charge in [-0.25, -0.2) is 9.37 Å². The number of H-pyrrole nitrogens is 1. The lowest BCUT2D eigenvalue weighted by Gasteiger charge is -1.98. The van der Waals surface area contributed by atoms with Crippen LogP contribution in [0.5, 0.6) is 0 Å². The van der Waals surface area contributed by atoms with Crippen molar-refractivity contribution in [2.24, 2.45) is 7.05 Å². The van der Waals surface area contributed by atoms with Crippen LogP contribution in [0.25, 0.3) is 44.8 Å². The van der Waals surface area contributed by atoms with Crippen LogP contribution in [0.3, 0.4) is 0 Å². The second kappa shape index (κ2) is 4.97. The van der Waals surface area contributed by atoms with Gasteiger partial charge in [0, 0.05) is 18.0 Å². The van der Waals surface area contributed by atoms with E-state index in [1.807, 2.05) is 25.2 Å². The zero-order valence-electron chi connectivity index (χ0n) is 13.1. The van der Waals surface area contributed by atoms with E-state index in [0.717, 1.165) is 16.5 Å². The number of nitrogens with one attached hydrogen (secondary N) is 1. The van der Waals surface area contributed by atoms with Crippen LogP contribution in [-0.4, -0.2) is 29.9 Å². The van der Waals surface area contributed by atoms with E-state index in [0.29, 0.717) is 16.9 Å². The van der Waals surface area contributed by atoms with Crippen LogP contribution in [0.1, 0.15) is 0 Å². The van der Waals surface area contributed by atoms with E-state index < -0.39 is 5.82 Å². The van der Waals surface area contributed by atoms with E-state index in [1.165, 1.54) is 12.4 Å². The third-order valence-electron chi connectivity index (χ3n) is 4.19. The Balaban J connectivity index is 1.66. The first-order valence-corrected chi connectivity index (χ1v) is 7.58. The maximum atomic E-state index is 14.3. The quantitative estimate of drug-likeness (QED) is 0.535. The monoisotopic (exact) mass is 334 g/mol. The SMILES string of the molecule is Cn1ncc2ccc(-c3noc(-c4c(F)ccc5[nH]cnc45)n3)cc21. The standard InChI is InChI=1S/C17H11FN6O/c1-24-13-6-9(2-3-10(13)7-21-24)16-22-17(25-23-16)14-11(18)4-5-12-15(14)20-8-19-12/h2-8H,1H3,(H,19,20). The summed E-state index contributed by atoms with van der Waals surface area (Å²) in [5.74, 6) is 0.0113. The van der Waals surface area contributed by atoms with Crippen molar-refractivity contribution in [3.63, 3.8) is 0 Å². The first-order chi connectivity index (χ1) is 12.2. The van der Waals surface area contributed by atoms with Gasteiger partial charge in [0.05, 0.1) is 23.6 Å². The number of nitrogens with zero attached hydrogens (tertiary/aromatic N) is 5. The number of aromatic amines is 1. The molecule has 0 unspecified atom stereocenters. The van der Waals surface area contributed by atoms with Gasteiger partial charge in [-0.3, -0.25) is 4.68 Å². The second-order valence-corrected chi connectivity index (χ2v) is 5.69. The maximum Gasteiger partial charge on any atom is 0.263 e. The summed E-state index contributed by atoms with van der Waals surface area (Å²) >= 11 is 0. The zero-order chi connectivity index (χ0) is 17.0. The Morgan fingerprint density at radius 3 is 3.04 bits per heavy atom. The second-order valence-electron chi connectivity index (χ2n) is 5.69. The molecule has 5 aromatic rings. The summed E-state index contributed by atoms with van der Waals surface area (Å²) in [6.45, 7) is 0. The number of rotatable bonds is 2. The summed E-state index contributed by atoms with van der Waals surface area (Å²) in [4.78, 5) is 11.5. The van der Waals surface area contributed by atoms with Crippen molar-refractivity contribution in [1.29, 1.82) is 0 Å². The van der Waals surface area contributed by atoms with Crippen molar-refractivity contribution in [3.8, 4) is 22.8 Å². The molecule has 122 valence electrons. The largest absolute Gasteiger partial charge is 0.345 e. The highest BCUT2D eigenvalue weighted by Gasteiger charge is 2.19. The lowest BCUT2D eigenvalue weighted by molar-refractivity contribution is 0.430. The number of benzene rings is 2. The molecule has 7 nitrogen and oxygen atoms in total. The first kappa shape index (κ1) is 13.8. The normalized spacial score (nSPS) is 11.6. The molecule has 3 aromatic heterocycles. The van der Waals surface area contributed by atoms with Gasteiger partial charge in [0.25, 0.3) is 5.89 Å². The Hall–Kier alpha value is -3.55. The van der Waals surface area contributed by atoms with Crippen molar-refractivity contribution in [2.75, 3.05) is 0 Å². The van der Waals surface area contributed by atoms with E-state index in [2.05, 4.69) is 25.2 Å². The van der Waals surface area contributed by atoms with Crippen LogP contribution in [0.15, 0.2) is 47.4 Å². The summed E-state index contributed by atoms with van der Waals surface area (Å²) in [6, 6.07) is 8.70. The van der Waals surface area contributed by atoms with Gasteiger partial charge < -0.3 is 9.51 Å². The molecule has 0 bridgehead atoms. The van der Waals surface area contributed by atoms with Crippen LogP contribution in [-0.2, 0) is 7.05 Å². The Morgan fingerprint density at radius 1 is 1.20 bits per heavy atom. The molecule has 0 saturated carbocycles. The molecule has 0 amide bonds. The molecule has 5 rings (SSSR count). The zero-order valence-corrected chi connectivity index (χ0v) is 13.1. The number of hydrogen-bond donors (Lipinski definition) is 1. The number of hydrogen-bond acceptors (Lipinski definition) is 5. The molecule has 0 aliphatic carbocycles. The van der Waals surface area contributed by atoms with Crippen molar-refractivity contribution in [1.82, 2.24) is 29.9 Å². The average Bonchev–Trinajstić information content (AvgIpc) is 3.35. The lowest BCUT2D eigenvalue weighted by atomic mass is 10.1. The van der Waals surface area contributed by atoms with Crippen LogP contribution < -0.4 is 0 Å². The topological polar surface area (TPSA) is 85.4 Å². The molecule has 1 N–H and O–H groups in total. The van der Waals surface area contributed by atoms with E-state index in [-0.39, 0.29) is 11.5 Å². The Bertz CT molecular complexity index is 1230. The van der Waals surface area contributed by atoms with Gasteiger partial charge in [-0.1, -0.05) is 17.3 Å². The number of fused-ring (bicyclic) bond motifs is 2. The summed E-state index contributed by atoms with van der Waals surface area (Å²) in [5, 5.41) is 9.23. The van der Waals surface area contributed by atoms with E-state index in [9.17, 15) is 4.39 Å². The van der Waals surface area contributed by atoms with E-state index >= 15 is 0 Å². The van der Waals surface area contributed by atoms with Gasteiger partial charge in [-0.2, -0.15) is 10.1 Å². The Morgan fingerprint density at radius 2 is 2.12 bits per heavy atom. The summed E-state index contributed by atoms with van der Waals surface area (Å²) < 4.78 is 21.4. The van der Waals surface area contributed by atoms with Gasteiger partial charge in [0.2, 0.25) is 5.82 Å². The smallest absolute Gasteiger partial charge is 0.263 e. The number of aryl methyl sites for hydroxylation is 1. The first-order valence-electron chi connectivity index (χ1n) is 7.58. The minimum atomic E-state index is -0.461. The third-order valence-corrected chi connectivity index (χ3v) is 4.19. The number of halogens is 1. The highest BCUT2D eigenvalue weighted by Crippen LogP contribution is 2.30. The van der Waals surface area contributed by atoms with Crippen LogP contribution in [0, 0.1) is 5.82 Å². The molecule has 8 heteroatoms. The molecule has 0 radical (unpaired) electrons. The van der Waals surface area contributed by atoms with E-state index in [1.54, 1.807) is 16.9 Å². The predicted octanol–water partition coefficient (Wildman–Crippen LogP) is 3.31. The molecule has 2 aromatic carbocycles. The van der Waals surface area contributed by atoms with Gasteiger partial charge in [-0.15, -0.1) is 0 Å². The van der Waals surface area contributed by atoms with Crippen molar-refractivity contribution >= 4 is 21.9 Å². The van der Waals surface area contributed by atoms with E-state index in [4.69, 9.17) is 4.52 Å².